The molecule has 3 aromatic carbocycles. The third kappa shape index (κ3) is 4.98. The Morgan fingerprint density at radius 3 is 2.00 bits per heavy atom. The van der Waals surface area contributed by atoms with E-state index in [0.29, 0.717) is 24.5 Å². The van der Waals surface area contributed by atoms with Crippen molar-refractivity contribution in [3.63, 3.8) is 0 Å². The van der Waals surface area contributed by atoms with Crippen molar-refractivity contribution in [2.24, 2.45) is 0 Å². The standard InChI is InChI=1S/C27H20Cl2FN3O3S/c28-22-2-1-3-23(29)24(22)33-26(35)21(16-17-4-6-18(30)7-5-17)25(34)32(27(33)37)20-10-8-19(9-11-20)31-12-14-36-15-13-31/h1-11,16H,12-15H2/b21-16-. The summed E-state index contributed by atoms with van der Waals surface area (Å²) < 4.78 is 18.9. The zero-order valence-corrected chi connectivity index (χ0v) is 21.7. The van der Waals surface area contributed by atoms with Gasteiger partial charge in [-0.25, -0.2) is 9.29 Å². The first-order chi connectivity index (χ1) is 17.8. The Labute approximate surface area is 228 Å². The highest BCUT2D eigenvalue weighted by Gasteiger charge is 2.42. The number of carbonyl (C=O) groups is 2. The van der Waals surface area contributed by atoms with Crippen LogP contribution >= 0.6 is 35.4 Å². The van der Waals surface area contributed by atoms with E-state index in [9.17, 15) is 14.0 Å². The lowest BCUT2D eigenvalue weighted by Gasteiger charge is -2.37. The molecule has 0 saturated carbocycles. The van der Waals surface area contributed by atoms with Crippen molar-refractivity contribution >= 4 is 75.5 Å². The Morgan fingerprint density at radius 1 is 0.811 bits per heavy atom. The number of carbonyl (C=O) groups excluding carboxylic acids is 2. The summed E-state index contributed by atoms with van der Waals surface area (Å²) in [4.78, 5) is 32.0. The molecule has 2 saturated heterocycles. The lowest BCUT2D eigenvalue weighted by Crippen LogP contribution is -2.57. The number of benzene rings is 3. The normalized spacial score (nSPS) is 17.6. The number of amides is 2. The largest absolute Gasteiger partial charge is 0.378 e. The van der Waals surface area contributed by atoms with Crippen LogP contribution in [0.3, 0.4) is 0 Å². The van der Waals surface area contributed by atoms with Gasteiger partial charge in [0.1, 0.15) is 11.4 Å². The second kappa shape index (κ2) is 10.6. The molecule has 0 unspecified atom stereocenters. The van der Waals surface area contributed by atoms with Gasteiger partial charge in [0.05, 0.1) is 34.6 Å². The van der Waals surface area contributed by atoms with Crippen LogP contribution in [0.1, 0.15) is 5.56 Å². The van der Waals surface area contributed by atoms with Gasteiger partial charge >= 0.3 is 0 Å². The molecule has 37 heavy (non-hydrogen) atoms. The van der Waals surface area contributed by atoms with Crippen molar-refractivity contribution in [1.29, 1.82) is 0 Å². The number of halogens is 3. The van der Waals surface area contributed by atoms with Gasteiger partial charge < -0.3 is 9.64 Å². The third-order valence-electron chi connectivity index (χ3n) is 6.08. The third-order valence-corrected chi connectivity index (χ3v) is 7.05. The maximum atomic E-state index is 13.7. The Kier molecular flexibility index (Phi) is 7.26. The van der Waals surface area contributed by atoms with Crippen molar-refractivity contribution in [2.75, 3.05) is 41.0 Å². The van der Waals surface area contributed by atoms with Crippen LogP contribution in [-0.2, 0) is 14.3 Å². The summed E-state index contributed by atoms with van der Waals surface area (Å²) in [6, 6.07) is 17.6. The Balaban J connectivity index is 1.59. The molecule has 188 valence electrons. The molecule has 0 radical (unpaired) electrons. The predicted octanol–water partition coefficient (Wildman–Crippen LogP) is 5.72. The summed E-state index contributed by atoms with van der Waals surface area (Å²) in [6.45, 7) is 2.81. The number of morpholine rings is 1. The number of para-hydroxylation sites is 1. The topological polar surface area (TPSA) is 53.1 Å². The van der Waals surface area contributed by atoms with Gasteiger partial charge in [0.25, 0.3) is 11.8 Å². The van der Waals surface area contributed by atoms with E-state index in [0.717, 1.165) is 23.7 Å². The number of anilines is 3. The zero-order valence-electron chi connectivity index (χ0n) is 19.4. The summed E-state index contributed by atoms with van der Waals surface area (Å²) in [5.41, 5.74) is 1.92. The first kappa shape index (κ1) is 25.4. The molecule has 2 aliphatic heterocycles. The molecule has 0 N–H and O–H groups in total. The average Bonchev–Trinajstić information content (AvgIpc) is 2.90. The highest BCUT2D eigenvalue weighted by Crippen LogP contribution is 2.38. The van der Waals surface area contributed by atoms with Crippen LogP contribution in [0.25, 0.3) is 6.08 Å². The molecule has 5 rings (SSSR count). The Morgan fingerprint density at radius 2 is 1.38 bits per heavy atom. The van der Waals surface area contributed by atoms with Crippen LogP contribution < -0.4 is 14.7 Å². The number of nitrogens with zero attached hydrogens (tertiary/aromatic N) is 3. The lowest BCUT2D eigenvalue weighted by atomic mass is 10.0. The number of ether oxygens (including phenoxy) is 1. The van der Waals surface area contributed by atoms with Gasteiger partial charge in [-0.2, -0.15) is 0 Å². The molecule has 0 atom stereocenters. The molecule has 3 aromatic rings. The molecule has 0 bridgehead atoms. The van der Waals surface area contributed by atoms with Crippen molar-refractivity contribution in [2.45, 2.75) is 0 Å². The van der Waals surface area contributed by atoms with Gasteiger partial charge in [0.2, 0.25) is 0 Å². The fraction of sp³-hybridized carbons (Fsp3) is 0.148. The molecule has 0 aromatic heterocycles. The molecule has 0 aliphatic carbocycles. The van der Waals surface area contributed by atoms with Crippen molar-refractivity contribution in [3.05, 3.63) is 93.7 Å². The average molecular weight is 556 g/mol. The number of rotatable bonds is 4. The minimum absolute atomic E-state index is 0.0830. The van der Waals surface area contributed by atoms with Crippen molar-refractivity contribution < 1.29 is 18.7 Å². The first-order valence-corrected chi connectivity index (χ1v) is 12.6. The van der Waals surface area contributed by atoms with E-state index in [4.69, 9.17) is 40.2 Å². The van der Waals surface area contributed by atoms with Crippen LogP contribution in [0.4, 0.5) is 21.5 Å². The van der Waals surface area contributed by atoms with Crippen LogP contribution in [0.2, 0.25) is 10.0 Å². The van der Waals surface area contributed by atoms with E-state index < -0.39 is 17.6 Å². The molecule has 2 fully saturated rings. The second-order valence-corrected chi connectivity index (χ2v) is 9.54. The van der Waals surface area contributed by atoms with Crippen LogP contribution in [0.5, 0.6) is 0 Å². The van der Waals surface area contributed by atoms with E-state index in [2.05, 4.69) is 4.90 Å². The van der Waals surface area contributed by atoms with E-state index in [1.807, 2.05) is 12.1 Å². The van der Waals surface area contributed by atoms with Crippen LogP contribution in [0.15, 0.2) is 72.3 Å². The Hall–Kier alpha value is -3.30. The molecule has 2 heterocycles. The monoisotopic (exact) mass is 555 g/mol. The summed E-state index contributed by atoms with van der Waals surface area (Å²) in [7, 11) is 0. The molecule has 0 spiro atoms. The smallest absolute Gasteiger partial charge is 0.270 e. The molecule has 2 aliphatic rings. The minimum Gasteiger partial charge on any atom is -0.378 e. The minimum atomic E-state index is -0.685. The molecular weight excluding hydrogens is 536 g/mol. The van der Waals surface area contributed by atoms with Crippen LogP contribution in [-0.4, -0.2) is 43.2 Å². The first-order valence-electron chi connectivity index (χ1n) is 11.4. The predicted molar refractivity (Wildman–Crippen MR) is 148 cm³/mol. The van der Waals surface area contributed by atoms with Gasteiger partial charge in [-0.1, -0.05) is 41.4 Å². The highest BCUT2D eigenvalue weighted by atomic mass is 35.5. The van der Waals surface area contributed by atoms with Gasteiger partial charge in [0.15, 0.2) is 5.11 Å². The summed E-state index contributed by atoms with van der Waals surface area (Å²) in [5, 5.41) is 0.308. The quantitative estimate of drug-likeness (QED) is 0.234. The van der Waals surface area contributed by atoms with E-state index in [-0.39, 0.29) is 26.4 Å². The van der Waals surface area contributed by atoms with E-state index in [1.165, 1.54) is 35.2 Å². The number of thiocarbonyl (C=S) groups is 1. The van der Waals surface area contributed by atoms with Gasteiger partial charge in [-0.05, 0) is 72.4 Å². The fourth-order valence-electron chi connectivity index (χ4n) is 4.22. The highest BCUT2D eigenvalue weighted by molar-refractivity contribution is 7.81. The van der Waals surface area contributed by atoms with E-state index >= 15 is 0 Å². The van der Waals surface area contributed by atoms with Crippen LogP contribution in [0, 0.1) is 5.82 Å². The summed E-state index contributed by atoms with van der Waals surface area (Å²) in [5.74, 6) is -1.73. The number of hydrogen-bond acceptors (Lipinski definition) is 5. The maximum Gasteiger partial charge on any atom is 0.270 e. The zero-order chi connectivity index (χ0) is 26.1. The fourth-order valence-corrected chi connectivity index (χ4v) is 5.15. The van der Waals surface area contributed by atoms with Crippen molar-refractivity contribution in [3.8, 4) is 0 Å². The summed E-state index contributed by atoms with van der Waals surface area (Å²) >= 11 is 18.5. The Bertz CT molecular complexity index is 1390. The molecule has 2 amide bonds. The van der Waals surface area contributed by atoms with Crippen molar-refractivity contribution in [1.82, 2.24) is 0 Å². The maximum absolute atomic E-state index is 13.7. The van der Waals surface area contributed by atoms with E-state index in [1.54, 1.807) is 30.3 Å². The van der Waals surface area contributed by atoms with Gasteiger partial charge in [-0.15, -0.1) is 0 Å². The molecule has 10 heteroatoms. The second-order valence-electron chi connectivity index (χ2n) is 8.36. The van der Waals surface area contributed by atoms with Gasteiger partial charge in [-0.3, -0.25) is 14.5 Å². The van der Waals surface area contributed by atoms with Gasteiger partial charge in [0, 0.05) is 18.8 Å². The number of hydrogen-bond donors (Lipinski definition) is 0. The molecule has 6 nitrogen and oxygen atoms in total. The lowest BCUT2D eigenvalue weighted by molar-refractivity contribution is -0.120. The summed E-state index contributed by atoms with van der Waals surface area (Å²) in [6.07, 6.45) is 1.40. The molecular formula is C27H20Cl2FN3O3S. The SMILES string of the molecule is O=C1/C(=C/c2ccc(F)cc2)C(=O)N(c2c(Cl)cccc2Cl)C(=S)N1c1ccc(N2CCOCC2)cc1.